The van der Waals surface area contributed by atoms with E-state index in [1.165, 1.54) is 0 Å². The average molecular weight is 572 g/mol. The van der Waals surface area contributed by atoms with Gasteiger partial charge in [-0.1, -0.05) is 129 Å². The lowest BCUT2D eigenvalue weighted by molar-refractivity contribution is 0.143. The molecule has 2 N–H and O–H groups in total. The van der Waals surface area contributed by atoms with E-state index in [0.29, 0.717) is 22.3 Å². The topological polar surface area (TPSA) is 40.5 Å². The molecular weight excluding hydrogens is 552 g/mol. The van der Waals surface area contributed by atoms with Crippen LogP contribution in [0.3, 0.4) is 0 Å². The van der Waals surface area contributed by atoms with Crippen molar-refractivity contribution in [1.82, 2.24) is 0 Å². The van der Waals surface area contributed by atoms with Crippen LogP contribution in [0.15, 0.2) is 118 Å². The van der Waals surface area contributed by atoms with Crippen LogP contribution in [0.5, 0.6) is 0 Å². The highest BCUT2D eigenvalue weighted by molar-refractivity contribution is 9.10. The molecule has 0 heterocycles. The third-order valence-electron chi connectivity index (χ3n) is 5.46. The molecule has 0 aliphatic heterocycles. The second-order valence-electron chi connectivity index (χ2n) is 7.61. The zero-order valence-electron chi connectivity index (χ0n) is 18.0. The average Bonchev–Trinajstić information content (AvgIpc) is 2.88. The number of aliphatic hydroxyl groups is 2. The zero-order valence-corrected chi connectivity index (χ0v) is 21.2. The van der Waals surface area contributed by atoms with E-state index in [0.717, 1.165) is 8.95 Å². The van der Waals surface area contributed by atoms with Crippen molar-refractivity contribution in [3.05, 3.63) is 140 Å². The van der Waals surface area contributed by atoms with E-state index < -0.39 is 11.2 Å². The van der Waals surface area contributed by atoms with E-state index in [1.54, 1.807) is 0 Å². The summed E-state index contributed by atoms with van der Waals surface area (Å²) >= 11 is 7.06. The minimum absolute atomic E-state index is 0.611. The number of halogens is 2. The summed E-state index contributed by atoms with van der Waals surface area (Å²) in [5, 5.41) is 23.4. The quantitative estimate of drug-likeness (QED) is 0.279. The summed E-state index contributed by atoms with van der Waals surface area (Å²) in [4.78, 5) is 0. The zero-order chi connectivity index (χ0) is 24.0. The molecule has 4 rings (SSSR count). The summed E-state index contributed by atoms with van der Waals surface area (Å²) in [6.07, 6.45) is 0. The van der Waals surface area contributed by atoms with Gasteiger partial charge in [0.05, 0.1) is 0 Å². The Kier molecular flexibility index (Phi) is 7.37. The molecule has 2 nitrogen and oxygen atoms in total. The van der Waals surface area contributed by atoms with Gasteiger partial charge in [-0.2, -0.15) is 0 Å². The number of benzene rings is 4. The van der Waals surface area contributed by atoms with Crippen LogP contribution in [0, 0.1) is 23.7 Å². The van der Waals surface area contributed by atoms with Crippen LogP contribution in [0.4, 0.5) is 0 Å². The van der Waals surface area contributed by atoms with Gasteiger partial charge in [-0.3, -0.25) is 0 Å². The Labute approximate surface area is 216 Å². The van der Waals surface area contributed by atoms with E-state index in [1.807, 2.05) is 109 Å². The molecule has 0 radical (unpaired) electrons. The predicted molar refractivity (Wildman–Crippen MR) is 143 cm³/mol. The maximum absolute atomic E-state index is 11.7. The molecule has 0 saturated carbocycles. The van der Waals surface area contributed by atoms with Gasteiger partial charge in [-0.05, 0) is 35.8 Å². The lowest BCUT2D eigenvalue weighted by Crippen LogP contribution is -2.26. The minimum atomic E-state index is -1.59. The summed E-state index contributed by atoms with van der Waals surface area (Å²) in [6, 6.07) is 33.3. The fourth-order valence-corrected chi connectivity index (χ4v) is 4.84. The Morgan fingerprint density at radius 1 is 0.471 bits per heavy atom. The SMILES string of the molecule is O[C@@](C#CC#C[C@](O)(c1ccccc1)c1ccccc1Br)(c1ccccc1)c1ccccc1Br. The first-order chi connectivity index (χ1) is 16.4. The predicted octanol–water partition coefficient (Wildman–Crippen LogP) is 6.39. The molecule has 0 saturated heterocycles. The molecule has 4 aromatic carbocycles. The van der Waals surface area contributed by atoms with Gasteiger partial charge in [0.25, 0.3) is 0 Å². The van der Waals surface area contributed by atoms with Crippen LogP contribution < -0.4 is 0 Å². The first-order valence-electron chi connectivity index (χ1n) is 10.6. The van der Waals surface area contributed by atoms with Gasteiger partial charge < -0.3 is 10.2 Å². The number of hydrogen-bond donors (Lipinski definition) is 2. The third-order valence-corrected chi connectivity index (χ3v) is 6.84. The Morgan fingerprint density at radius 2 is 0.794 bits per heavy atom. The van der Waals surface area contributed by atoms with Gasteiger partial charge in [0, 0.05) is 31.2 Å². The van der Waals surface area contributed by atoms with E-state index in [9.17, 15) is 10.2 Å². The molecule has 0 spiro atoms. The highest BCUT2D eigenvalue weighted by Gasteiger charge is 2.32. The fraction of sp³-hybridized carbons (Fsp3) is 0.0667. The van der Waals surface area contributed by atoms with E-state index in [4.69, 9.17) is 0 Å². The molecule has 0 aromatic heterocycles. The molecular formula is C30H20Br2O2. The van der Waals surface area contributed by atoms with Gasteiger partial charge >= 0.3 is 0 Å². The summed E-state index contributed by atoms with van der Waals surface area (Å²) < 4.78 is 1.47. The van der Waals surface area contributed by atoms with Gasteiger partial charge in [0.2, 0.25) is 0 Å². The Morgan fingerprint density at radius 3 is 1.15 bits per heavy atom. The maximum Gasteiger partial charge on any atom is 0.178 e. The van der Waals surface area contributed by atoms with Crippen molar-refractivity contribution in [2.24, 2.45) is 0 Å². The highest BCUT2D eigenvalue weighted by Crippen LogP contribution is 2.35. The highest BCUT2D eigenvalue weighted by atomic mass is 79.9. The first-order valence-corrected chi connectivity index (χ1v) is 12.1. The molecule has 0 aliphatic carbocycles. The van der Waals surface area contributed by atoms with Gasteiger partial charge in [0.1, 0.15) is 0 Å². The number of rotatable bonds is 4. The van der Waals surface area contributed by atoms with Gasteiger partial charge in [0.15, 0.2) is 11.2 Å². The molecule has 166 valence electrons. The summed E-state index contributed by atoms with van der Waals surface area (Å²) in [5.74, 6) is 11.5. The van der Waals surface area contributed by atoms with Crippen LogP contribution in [0.25, 0.3) is 0 Å². The van der Waals surface area contributed by atoms with Crippen LogP contribution >= 0.6 is 31.9 Å². The molecule has 4 heteroatoms. The minimum Gasteiger partial charge on any atom is -0.369 e. The Bertz CT molecular complexity index is 1300. The van der Waals surface area contributed by atoms with Crippen molar-refractivity contribution < 1.29 is 10.2 Å². The third kappa shape index (κ3) is 4.87. The van der Waals surface area contributed by atoms with Crippen molar-refractivity contribution in [3.8, 4) is 23.7 Å². The second kappa shape index (κ2) is 10.4. The smallest absolute Gasteiger partial charge is 0.178 e. The molecule has 34 heavy (non-hydrogen) atoms. The van der Waals surface area contributed by atoms with E-state index in [2.05, 4.69) is 55.5 Å². The van der Waals surface area contributed by atoms with Crippen molar-refractivity contribution in [1.29, 1.82) is 0 Å². The first kappa shape index (κ1) is 24.0. The molecule has 0 aliphatic rings. The van der Waals surface area contributed by atoms with Crippen LogP contribution in [0.2, 0.25) is 0 Å². The van der Waals surface area contributed by atoms with Crippen LogP contribution in [-0.2, 0) is 11.2 Å². The summed E-state index contributed by atoms with van der Waals surface area (Å²) in [5.41, 5.74) is -0.706. The fourth-order valence-electron chi connectivity index (χ4n) is 3.70. The standard InChI is InChI=1S/C30H20Br2O2/c31-27-19-9-7-17-25(27)29(33,23-13-3-1-4-14-23)21-11-12-22-30(34,24-15-5-2-6-16-24)26-18-8-10-20-28(26)32/h1-10,13-20,33-34H/t29-,30-/m0/s1. The van der Waals surface area contributed by atoms with Crippen molar-refractivity contribution in [2.45, 2.75) is 11.2 Å². The normalized spacial score (nSPS) is 13.9. The van der Waals surface area contributed by atoms with Gasteiger partial charge in [-0.25, -0.2) is 0 Å². The van der Waals surface area contributed by atoms with Crippen molar-refractivity contribution in [2.75, 3.05) is 0 Å². The maximum atomic E-state index is 11.7. The van der Waals surface area contributed by atoms with Crippen molar-refractivity contribution in [3.63, 3.8) is 0 Å². The van der Waals surface area contributed by atoms with Crippen LogP contribution in [0.1, 0.15) is 22.3 Å². The largest absolute Gasteiger partial charge is 0.369 e. The van der Waals surface area contributed by atoms with E-state index in [-0.39, 0.29) is 0 Å². The molecule has 2 atom stereocenters. The van der Waals surface area contributed by atoms with Gasteiger partial charge in [-0.15, -0.1) is 0 Å². The molecule has 4 aromatic rings. The number of hydrogen-bond acceptors (Lipinski definition) is 2. The Hall–Kier alpha value is -3.12. The summed E-state index contributed by atoms with van der Waals surface area (Å²) in [6.45, 7) is 0. The molecule has 0 bridgehead atoms. The van der Waals surface area contributed by atoms with E-state index >= 15 is 0 Å². The second-order valence-corrected chi connectivity index (χ2v) is 9.32. The molecule has 0 amide bonds. The lowest BCUT2D eigenvalue weighted by Gasteiger charge is -2.25. The monoisotopic (exact) mass is 570 g/mol. The molecule has 0 fully saturated rings. The van der Waals surface area contributed by atoms with Crippen LogP contribution in [-0.4, -0.2) is 10.2 Å². The van der Waals surface area contributed by atoms with Crippen molar-refractivity contribution >= 4 is 31.9 Å². The Balaban J connectivity index is 1.83. The summed E-state index contributed by atoms with van der Waals surface area (Å²) in [7, 11) is 0. The lowest BCUT2D eigenvalue weighted by atomic mass is 9.86. The molecule has 0 unspecified atom stereocenters.